The first-order chi connectivity index (χ1) is 14.2. The summed E-state index contributed by atoms with van der Waals surface area (Å²) in [6.45, 7) is 2.22. The fourth-order valence-corrected chi connectivity index (χ4v) is 2.69. The van der Waals surface area contributed by atoms with E-state index in [-0.39, 0.29) is 18.5 Å². The lowest BCUT2D eigenvalue weighted by Crippen LogP contribution is -2.20. The van der Waals surface area contributed by atoms with E-state index in [1.54, 1.807) is 24.3 Å². The highest BCUT2D eigenvalue weighted by Gasteiger charge is 2.08. The smallest absolute Gasteiger partial charge is 0.338 e. The van der Waals surface area contributed by atoms with Gasteiger partial charge in [0, 0.05) is 5.69 Å². The number of amides is 1. The molecule has 1 amide bonds. The number of nitrogens with one attached hydrogen (secondary N) is 1. The predicted octanol–water partition coefficient (Wildman–Crippen LogP) is 4.94. The van der Waals surface area contributed by atoms with Gasteiger partial charge in [0.2, 0.25) is 0 Å². The van der Waals surface area contributed by atoms with Crippen LogP contribution in [0.25, 0.3) is 11.1 Å². The Kier molecular flexibility index (Phi) is 7.00. The zero-order chi connectivity index (χ0) is 20.5. The molecule has 0 saturated carbocycles. The van der Waals surface area contributed by atoms with Crippen molar-refractivity contribution < 1.29 is 19.1 Å². The van der Waals surface area contributed by atoms with Gasteiger partial charge in [0.15, 0.2) is 6.61 Å². The fraction of sp³-hybridized carbons (Fsp3) is 0.167. The molecule has 5 nitrogen and oxygen atoms in total. The van der Waals surface area contributed by atoms with E-state index in [1.165, 1.54) is 0 Å². The van der Waals surface area contributed by atoms with Gasteiger partial charge in [-0.1, -0.05) is 49.4 Å². The molecule has 0 heterocycles. The van der Waals surface area contributed by atoms with E-state index in [0.717, 1.165) is 17.5 Å². The van der Waals surface area contributed by atoms with E-state index in [2.05, 4.69) is 5.32 Å². The molecule has 148 valence electrons. The standard InChI is InChI=1S/C24H23NO4/c1-2-16-28-24(27)20-8-12-21(13-9-20)25-23(26)17-29-22-14-10-19(11-15-22)18-6-4-3-5-7-18/h3-15H,2,16-17H2,1H3,(H,25,26). The van der Waals surface area contributed by atoms with E-state index < -0.39 is 0 Å². The van der Waals surface area contributed by atoms with Gasteiger partial charge < -0.3 is 14.8 Å². The van der Waals surface area contributed by atoms with E-state index in [0.29, 0.717) is 23.6 Å². The molecule has 3 aromatic carbocycles. The minimum Gasteiger partial charge on any atom is -0.484 e. The van der Waals surface area contributed by atoms with E-state index in [1.807, 2.05) is 61.5 Å². The Hall–Kier alpha value is -3.60. The molecule has 0 aromatic heterocycles. The van der Waals surface area contributed by atoms with E-state index in [9.17, 15) is 9.59 Å². The number of anilines is 1. The maximum atomic E-state index is 12.1. The average Bonchev–Trinajstić information content (AvgIpc) is 2.77. The summed E-state index contributed by atoms with van der Waals surface area (Å²) < 4.78 is 10.6. The number of esters is 1. The zero-order valence-electron chi connectivity index (χ0n) is 16.3. The van der Waals surface area contributed by atoms with E-state index >= 15 is 0 Å². The molecule has 0 radical (unpaired) electrons. The third kappa shape index (κ3) is 5.94. The van der Waals surface area contributed by atoms with Crippen LogP contribution in [0.2, 0.25) is 0 Å². The molecule has 0 aliphatic rings. The quantitative estimate of drug-likeness (QED) is 0.554. The van der Waals surface area contributed by atoms with Gasteiger partial charge in [-0.3, -0.25) is 4.79 Å². The topological polar surface area (TPSA) is 64.6 Å². The molecule has 3 rings (SSSR count). The highest BCUT2D eigenvalue weighted by molar-refractivity contribution is 5.93. The van der Waals surface area contributed by atoms with Crippen molar-refractivity contribution in [1.82, 2.24) is 0 Å². The van der Waals surface area contributed by atoms with Crippen LogP contribution in [-0.2, 0) is 9.53 Å². The van der Waals surface area contributed by atoms with Crippen molar-refractivity contribution in [2.75, 3.05) is 18.5 Å². The number of carbonyl (C=O) groups is 2. The summed E-state index contributed by atoms with van der Waals surface area (Å²) in [4.78, 5) is 23.9. The molecule has 0 saturated heterocycles. The molecule has 5 heteroatoms. The minimum atomic E-state index is -0.369. The third-order valence-corrected chi connectivity index (χ3v) is 4.17. The molecule has 29 heavy (non-hydrogen) atoms. The van der Waals surface area contributed by atoms with Gasteiger partial charge in [0.05, 0.1) is 12.2 Å². The van der Waals surface area contributed by atoms with Crippen LogP contribution < -0.4 is 10.1 Å². The number of benzene rings is 3. The number of ether oxygens (including phenoxy) is 2. The summed E-state index contributed by atoms with van der Waals surface area (Å²) in [5, 5.41) is 2.74. The van der Waals surface area contributed by atoms with Crippen LogP contribution >= 0.6 is 0 Å². The van der Waals surface area contributed by atoms with Gasteiger partial charge in [0.25, 0.3) is 5.91 Å². The minimum absolute atomic E-state index is 0.106. The molecule has 3 aromatic rings. The summed E-state index contributed by atoms with van der Waals surface area (Å²) in [6, 6.07) is 24.2. The average molecular weight is 389 g/mol. The van der Waals surface area contributed by atoms with Crippen LogP contribution in [0.3, 0.4) is 0 Å². The van der Waals surface area contributed by atoms with Crippen molar-refractivity contribution >= 4 is 17.6 Å². The second-order valence-corrected chi connectivity index (χ2v) is 6.44. The molecule has 0 fully saturated rings. The van der Waals surface area contributed by atoms with Gasteiger partial charge in [-0.25, -0.2) is 4.79 Å². The van der Waals surface area contributed by atoms with Crippen molar-refractivity contribution in [2.24, 2.45) is 0 Å². The monoisotopic (exact) mass is 389 g/mol. The van der Waals surface area contributed by atoms with Gasteiger partial charge in [-0.2, -0.15) is 0 Å². The highest BCUT2D eigenvalue weighted by Crippen LogP contribution is 2.22. The van der Waals surface area contributed by atoms with Gasteiger partial charge >= 0.3 is 5.97 Å². The van der Waals surface area contributed by atoms with E-state index in [4.69, 9.17) is 9.47 Å². The van der Waals surface area contributed by atoms with Gasteiger partial charge in [0.1, 0.15) is 5.75 Å². The summed E-state index contributed by atoms with van der Waals surface area (Å²) in [7, 11) is 0. The van der Waals surface area contributed by atoms with Crippen molar-refractivity contribution in [2.45, 2.75) is 13.3 Å². The Labute approximate surface area is 170 Å². The number of hydrogen-bond acceptors (Lipinski definition) is 4. The van der Waals surface area contributed by atoms with Crippen LogP contribution in [0.4, 0.5) is 5.69 Å². The lowest BCUT2D eigenvalue weighted by atomic mass is 10.1. The first-order valence-electron chi connectivity index (χ1n) is 9.51. The van der Waals surface area contributed by atoms with Crippen LogP contribution in [-0.4, -0.2) is 25.1 Å². The Bertz CT molecular complexity index is 935. The lowest BCUT2D eigenvalue weighted by molar-refractivity contribution is -0.118. The van der Waals surface area contributed by atoms with Crippen molar-refractivity contribution in [1.29, 1.82) is 0 Å². The first kappa shape index (κ1) is 20.1. The molecular weight excluding hydrogens is 366 g/mol. The Morgan fingerprint density at radius 3 is 2.14 bits per heavy atom. The first-order valence-corrected chi connectivity index (χ1v) is 9.51. The Morgan fingerprint density at radius 1 is 0.828 bits per heavy atom. The number of carbonyl (C=O) groups excluding carboxylic acids is 2. The molecule has 0 spiro atoms. The summed E-state index contributed by atoms with van der Waals surface area (Å²) >= 11 is 0. The Morgan fingerprint density at radius 2 is 1.48 bits per heavy atom. The van der Waals surface area contributed by atoms with Gasteiger partial charge in [-0.15, -0.1) is 0 Å². The molecule has 0 atom stereocenters. The number of hydrogen-bond donors (Lipinski definition) is 1. The van der Waals surface area contributed by atoms with Crippen molar-refractivity contribution in [3.05, 3.63) is 84.4 Å². The molecule has 0 bridgehead atoms. The van der Waals surface area contributed by atoms with Crippen LogP contribution in [0.15, 0.2) is 78.9 Å². The summed E-state index contributed by atoms with van der Waals surface area (Å²) in [6.07, 6.45) is 0.773. The van der Waals surface area contributed by atoms with Crippen molar-refractivity contribution in [3.63, 3.8) is 0 Å². The lowest BCUT2D eigenvalue weighted by Gasteiger charge is -2.09. The maximum absolute atomic E-state index is 12.1. The fourth-order valence-electron chi connectivity index (χ4n) is 2.69. The van der Waals surface area contributed by atoms with Crippen molar-refractivity contribution in [3.8, 4) is 16.9 Å². The largest absolute Gasteiger partial charge is 0.484 e. The molecular formula is C24H23NO4. The molecule has 0 aliphatic heterocycles. The SMILES string of the molecule is CCCOC(=O)c1ccc(NC(=O)COc2ccc(-c3ccccc3)cc2)cc1. The number of rotatable bonds is 8. The molecule has 0 aliphatic carbocycles. The summed E-state index contributed by atoms with van der Waals surface area (Å²) in [5.74, 6) is -0.0284. The van der Waals surface area contributed by atoms with Gasteiger partial charge in [-0.05, 0) is 53.9 Å². The normalized spacial score (nSPS) is 10.2. The molecule has 1 N–H and O–H groups in total. The molecule has 0 unspecified atom stereocenters. The second-order valence-electron chi connectivity index (χ2n) is 6.44. The maximum Gasteiger partial charge on any atom is 0.338 e. The zero-order valence-corrected chi connectivity index (χ0v) is 16.3. The van der Waals surface area contributed by atoms with Crippen LogP contribution in [0.5, 0.6) is 5.75 Å². The van der Waals surface area contributed by atoms with Crippen LogP contribution in [0.1, 0.15) is 23.7 Å². The predicted molar refractivity (Wildman–Crippen MR) is 113 cm³/mol. The highest BCUT2D eigenvalue weighted by atomic mass is 16.5. The summed E-state index contributed by atoms with van der Waals surface area (Å²) in [5.41, 5.74) is 3.25. The Balaban J connectivity index is 1.49. The third-order valence-electron chi connectivity index (χ3n) is 4.17. The van der Waals surface area contributed by atoms with Crippen LogP contribution in [0, 0.1) is 0 Å². The second kappa shape index (κ2) is 10.1.